The van der Waals surface area contributed by atoms with E-state index in [0.29, 0.717) is 36.9 Å². The van der Waals surface area contributed by atoms with Crippen molar-refractivity contribution in [3.05, 3.63) is 42.0 Å². The minimum absolute atomic E-state index is 0.313. The van der Waals surface area contributed by atoms with Crippen LogP contribution in [0.15, 0.2) is 46.2 Å². The fourth-order valence-electron chi connectivity index (χ4n) is 8.13. The van der Waals surface area contributed by atoms with E-state index < -0.39 is 20.1 Å². The lowest BCUT2D eigenvalue weighted by Gasteiger charge is -2.41. The molecule has 0 heterocycles. The third-order valence-electron chi connectivity index (χ3n) is 11.3. The Labute approximate surface area is 309 Å². The Morgan fingerprint density at radius 2 is 1.16 bits per heavy atom. The predicted molar refractivity (Wildman–Crippen MR) is 218 cm³/mol. The van der Waals surface area contributed by atoms with Gasteiger partial charge in [0.25, 0.3) is 0 Å². The van der Waals surface area contributed by atoms with Crippen LogP contribution in [0.5, 0.6) is 5.75 Å². The average Bonchev–Trinajstić information content (AvgIpc) is 3.08. The molecule has 0 saturated heterocycles. The first-order valence-electron chi connectivity index (χ1n) is 19.6. The summed E-state index contributed by atoms with van der Waals surface area (Å²) in [6.45, 7) is 16.7. The van der Waals surface area contributed by atoms with Crippen molar-refractivity contribution in [1.29, 1.82) is 0 Å². The monoisotopic (exact) mass is 732 g/mol. The normalized spacial score (nSPS) is 22.0. The highest BCUT2D eigenvalue weighted by molar-refractivity contribution is 8.33. The van der Waals surface area contributed by atoms with Crippen LogP contribution in [0, 0.1) is 17.8 Å². The van der Waals surface area contributed by atoms with Crippen molar-refractivity contribution in [2.45, 2.75) is 133 Å². The SMILES string of the molecule is C=C(C)C(=O)OCCCS(C)(C)c1cc(C2CCC(C3CCC(CCCCC)CC3)CC2)cc(S(C)(C)CCCOC(=O)C(=C)C)c1OCC. The van der Waals surface area contributed by atoms with Gasteiger partial charge >= 0.3 is 11.9 Å². The van der Waals surface area contributed by atoms with Crippen LogP contribution in [0.1, 0.15) is 129 Å². The molecular formula is C43H72O5S2. The van der Waals surface area contributed by atoms with E-state index in [4.69, 9.17) is 14.2 Å². The van der Waals surface area contributed by atoms with Crippen LogP contribution in [0.4, 0.5) is 0 Å². The van der Waals surface area contributed by atoms with Crippen LogP contribution in [0.2, 0.25) is 0 Å². The molecule has 0 unspecified atom stereocenters. The van der Waals surface area contributed by atoms with Crippen LogP contribution < -0.4 is 4.74 Å². The lowest BCUT2D eigenvalue weighted by molar-refractivity contribution is -0.139. The second-order valence-corrected chi connectivity index (χ2v) is 24.0. The Morgan fingerprint density at radius 3 is 1.58 bits per heavy atom. The molecular weight excluding hydrogens is 661 g/mol. The average molecular weight is 733 g/mol. The maximum atomic E-state index is 12.1. The molecule has 2 aliphatic rings. The zero-order chi connectivity index (χ0) is 36.9. The zero-order valence-corrected chi connectivity index (χ0v) is 34.8. The summed E-state index contributed by atoms with van der Waals surface area (Å²) < 4.78 is 17.6. The lowest BCUT2D eigenvalue weighted by atomic mass is 9.68. The fraction of sp³-hybridized carbons (Fsp3) is 0.721. The molecule has 1 aromatic rings. The summed E-state index contributed by atoms with van der Waals surface area (Å²) in [5.41, 5.74) is 2.37. The summed E-state index contributed by atoms with van der Waals surface area (Å²) in [4.78, 5) is 26.8. The van der Waals surface area contributed by atoms with Gasteiger partial charge in [-0.15, -0.1) is 0 Å². The number of benzene rings is 1. The quantitative estimate of drug-likeness (QED) is 0.0759. The van der Waals surface area contributed by atoms with E-state index in [0.717, 1.165) is 47.9 Å². The summed E-state index contributed by atoms with van der Waals surface area (Å²) in [6, 6.07) is 5.03. The van der Waals surface area contributed by atoms with Crippen molar-refractivity contribution in [3.63, 3.8) is 0 Å². The van der Waals surface area contributed by atoms with Crippen LogP contribution in [0.25, 0.3) is 0 Å². The molecule has 0 aliphatic heterocycles. The number of esters is 2. The van der Waals surface area contributed by atoms with Gasteiger partial charge in [-0.3, -0.25) is 0 Å². The maximum Gasteiger partial charge on any atom is 0.333 e. The molecule has 0 spiro atoms. The third-order valence-corrected chi connectivity index (χ3v) is 16.9. The smallest absolute Gasteiger partial charge is 0.333 e. The first kappa shape index (κ1) is 42.6. The van der Waals surface area contributed by atoms with Gasteiger partial charge in [0, 0.05) is 20.9 Å². The Hall–Kier alpha value is -1.86. The largest absolute Gasteiger partial charge is 0.492 e. The second kappa shape index (κ2) is 20.4. The molecule has 2 aliphatic carbocycles. The standard InChI is InChI=1S/C43H72O5S2/c1-11-13-14-17-34-18-20-35(21-19-34)36-22-24-37(25-23-36)38-30-39(49(7,8)28-15-26-47-42(44)32(3)4)41(46-12-2)40(31-38)50(9,10)29-16-27-48-43(45)33(5)6/h30-31,34-37H,3,5,11-29H2,1-2,4,6-10H3. The van der Waals surface area contributed by atoms with E-state index in [2.05, 4.69) is 64.2 Å². The third kappa shape index (κ3) is 12.7. The Bertz CT molecular complexity index is 1200. The van der Waals surface area contributed by atoms with Crippen molar-refractivity contribution in [2.75, 3.05) is 56.3 Å². The molecule has 0 atom stereocenters. The number of hydrogen-bond acceptors (Lipinski definition) is 5. The highest BCUT2D eigenvalue weighted by atomic mass is 32.3. The van der Waals surface area contributed by atoms with Gasteiger partial charge in [0.1, 0.15) is 5.75 Å². The Morgan fingerprint density at radius 1 is 0.700 bits per heavy atom. The minimum atomic E-state index is -1.27. The van der Waals surface area contributed by atoms with E-state index in [1.165, 1.54) is 92.4 Å². The first-order chi connectivity index (χ1) is 23.7. The van der Waals surface area contributed by atoms with Crippen LogP contribution in [-0.2, 0) is 19.1 Å². The molecule has 0 radical (unpaired) electrons. The van der Waals surface area contributed by atoms with Crippen molar-refractivity contribution in [3.8, 4) is 5.75 Å². The van der Waals surface area contributed by atoms with Crippen molar-refractivity contribution in [1.82, 2.24) is 0 Å². The van der Waals surface area contributed by atoms with Crippen LogP contribution in [0.3, 0.4) is 0 Å². The van der Waals surface area contributed by atoms with Gasteiger partial charge in [-0.05, 0) is 150 Å². The highest BCUT2D eigenvalue weighted by Crippen LogP contribution is 2.62. The van der Waals surface area contributed by atoms with Gasteiger partial charge < -0.3 is 14.2 Å². The fourth-order valence-corrected chi connectivity index (χ4v) is 12.6. The molecule has 7 heteroatoms. The number of carbonyl (C=O) groups is 2. The predicted octanol–water partition coefficient (Wildman–Crippen LogP) is 11.6. The summed E-state index contributed by atoms with van der Waals surface area (Å²) in [5, 5.41) is 0. The molecule has 2 saturated carbocycles. The molecule has 0 N–H and O–H groups in total. The molecule has 286 valence electrons. The zero-order valence-electron chi connectivity index (χ0n) is 33.2. The number of ether oxygens (including phenoxy) is 3. The number of hydrogen-bond donors (Lipinski definition) is 0. The number of carbonyl (C=O) groups excluding carboxylic acids is 2. The molecule has 0 aromatic heterocycles. The van der Waals surface area contributed by atoms with Crippen LogP contribution >= 0.6 is 20.1 Å². The molecule has 0 bridgehead atoms. The van der Waals surface area contributed by atoms with Gasteiger partial charge in [0.15, 0.2) is 0 Å². The molecule has 1 aromatic carbocycles. The van der Waals surface area contributed by atoms with E-state index in [-0.39, 0.29) is 11.9 Å². The molecule has 50 heavy (non-hydrogen) atoms. The lowest BCUT2D eigenvalue weighted by Crippen LogP contribution is -2.25. The van der Waals surface area contributed by atoms with Crippen molar-refractivity contribution in [2.24, 2.45) is 17.8 Å². The first-order valence-corrected chi connectivity index (χ1v) is 24.8. The number of rotatable bonds is 20. The summed E-state index contributed by atoms with van der Waals surface area (Å²) >= 11 is 0. The van der Waals surface area contributed by atoms with Crippen molar-refractivity contribution >= 4 is 32.0 Å². The van der Waals surface area contributed by atoms with Crippen LogP contribution in [-0.4, -0.2) is 68.3 Å². The molecule has 3 rings (SSSR count). The van der Waals surface area contributed by atoms with E-state index >= 15 is 0 Å². The van der Waals surface area contributed by atoms with E-state index in [1.54, 1.807) is 13.8 Å². The molecule has 2 fully saturated rings. The van der Waals surface area contributed by atoms with Gasteiger partial charge in [-0.25, -0.2) is 29.6 Å². The Balaban J connectivity index is 1.83. The topological polar surface area (TPSA) is 61.8 Å². The Kier molecular flexibility index (Phi) is 17.4. The maximum absolute atomic E-state index is 12.1. The summed E-state index contributed by atoms with van der Waals surface area (Å²) in [6.07, 6.45) is 27.8. The van der Waals surface area contributed by atoms with E-state index in [1.807, 2.05) is 0 Å². The van der Waals surface area contributed by atoms with Gasteiger partial charge in [0.05, 0.1) is 19.8 Å². The van der Waals surface area contributed by atoms with Crippen molar-refractivity contribution < 1.29 is 23.8 Å². The summed E-state index contributed by atoms with van der Waals surface area (Å²) in [7, 11) is -2.53. The van der Waals surface area contributed by atoms with Gasteiger partial charge in [0.2, 0.25) is 0 Å². The van der Waals surface area contributed by atoms with E-state index in [9.17, 15) is 9.59 Å². The number of unbranched alkanes of at least 4 members (excludes halogenated alkanes) is 2. The highest BCUT2D eigenvalue weighted by Gasteiger charge is 2.34. The second-order valence-electron chi connectivity index (χ2n) is 16.2. The molecule has 5 nitrogen and oxygen atoms in total. The van der Waals surface area contributed by atoms with Gasteiger partial charge in [-0.1, -0.05) is 58.6 Å². The molecule has 0 amide bonds. The summed E-state index contributed by atoms with van der Waals surface area (Å²) in [5.74, 6) is 5.72. The minimum Gasteiger partial charge on any atom is -0.492 e. The van der Waals surface area contributed by atoms with Gasteiger partial charge in [-0.2, -0.15) is 0 Å².